The van der Waals surface area contributed by atoms with Gasteiger partial charge in [-0.25, -0.2) is 12.8 Å². The maximum absolute atomic E-state index is 15.2. The van der Waals surface area contributed by atoms with Gasteiger partial charge in [-0.3, -0.25) is 0 Å². The highest BCUT2D eigenvalue weighted by atomic mass is 32.2. The van der Waals surface area contributed by atoms with Crippen molar-refractivity contribution in [3.63, 3.8) is 0 Å². The second-order valence-corrected chi connectivity index (χ2v) is 12.8. The number of halogens is 1. The molecule has 0 unspecified atom stereocenters. The van der Waals surface area contributed by atoms with Gasteiger partial charge in [-0.15, -0.1) is 0 Å². The van der Waals surface area contributed by atoms with Crippen molar-refractivity contribution in [2.45, 2.75) is 77.1 Å². The first-order valence-electron chi connectivity index (χ1n) is 11.4. The summed E-state index contributed by atoms with van der Waals surface area (Å²) in [5.74, 6) is -0.104. The van der Waals surface area contributed by atoms with Gasteiger partial charge in [-0.1, -0.05) is 30.3 Å². The lowest BCUT2D eigenvalue weighted by atomic mass is 10.00. The lowest BCUT2D eigenvalue weighted by Crippen LogP contribution is -2.45. The molecule has 0 saturated carbocycles. The summed E-state index contributed by atoms with van der Waals surface area (Å²) >= 11 is 0. The molecule has 1 heterocycles. The number of morpholine rings is 1. The van der Waals surface area contributed by atoms with E-state index in [0.29, 0.717) is 24.0 Å². The van der Waals surface area contributed by atoms with Gasteiger partial charge in [-0.05, 0) is 77.1 Å². The van der Waals surface area contributed by atoms with Crippen molar-refractivity contribution in [3.8, 4) is 0 Å². The Morgan fingerprint density at radius 1 is 0.969 bits per heavy atom. The van der Waals surface area contributed by atoms with Gasteiger partial charge < -0.3 is 9.64 Å². The lowest BCUT2D eigenvalue weighted by Gasteiger charge is -2.37. The molecule has 2 aromatic rings. The number of aryl methyl sites for hydroxylation is 2. The van der Waals surface area contributed by atoms with Crippen molar-refractivity contribution in [3.05, 3.63) is 64.5 Å². The Balaban J connectivity index is 1.66. The molecule has 1 aliphatic rings. The molecular formula is C26H36FNO3S. The summed E-state index contributed by atoms with van der Waals surface area (Å²) in [5.41, 5.74) is 4.19. The number of anilines is 1. The van der Waals surface area contributed by atoms with E-state index in [1.54, 1.807) is 20.8 Å². The van der Waals surface area contributed by atoms with Crippen molar-refractivity contribution >= 4 is 15.5 Å². The Kier molecular flexibility index (Phi) is 7.35. The molecule has 1 aliphatic heterocycles. The number of ether oxygens (including phenoxy) is 1. The average molecular weight is 462 g/mol. The smallest absolute Gasteiger partial charge is 0.159 e. The highest BCUT2D eigenvalue weighted by molar-refractivity contribution is 7.91. The van der Waals surface area contributed by atoms with Crippen molar-refractivity contribution in [1.29, 1.82) is 0 Å². The number of nitrogens with zero attached hydrogens (tertiary/aromatic N) is 1. The Labute approximate surface area is 192 Å². The molecule has 0 spiro atoms. The van der Waals surface area contributed by atoms with Crippen LogP contribution in [0.3, 0.4) is 0 Å². The van der Waals surface area contributed by atoms with Crippen LogP contribution in [-0.2, 0) is 33.2 Å². The third-order valence-electron chi connectivity index (χ3n) is 6.19. The van der Waals surface area contributed by atoms with Gasteiger partial charge in [0.05, 0.1) is 22.7 Å². The normalized spacial score (nSPS) is 19.9. The molecule has 0 N–H and O–H groups in total. The summed E-state index contributed by atoms with van der Waals surface area (Å²) in [7, 11) is -3.21. The first-order valence-corrected chi connectivity index (χ1v) is 13.0. The van der Waals surface area contributed by atoms with Crippen LogP contribution in [0.1, 0.15) is 56.9 Å². The molecule has 0 amide bonds. The van der Waals surface area contributed by atoms with Crippen molar-refractivity contribution in [2.24, 2.45) is 0 Å². The average Bonchev–Trinajstić information content (AvgIpc) is 2.68. The van der Waals surface area contributed by atoms with E-state index in [0.717, 1.165) is 29.9 Å². The van der Waals surface area contributed by atoms with Crippen LogP contribution < -0.4 is 4.90 Å². The van der Waals surface area contributed by atoms with Crippen molar-refractivity contribution in [1.82, 2.24) is 0 Å². The molecule has 176 valence electrons. The Morgan fingerprint density at radius 2 is 1.53 bits per heavy atom. The van der Waals surface area contributed by atoms with E-state index >= 15 is 4.39 Å². The minimum atomic E-state index is -3.21. The monoisotopic (exact) mass is 461 g/mol. The standard InChI is InChI=1S/C26H36FNO3S/c1-18-15-28(16-19(2)31-18)24-14-13-23(25(27)20(24)3)12-11-21-7-9-22(10-8-21)17-32(29,30)26(4,5)6/h7-10,13-14,18-19H,11-12,15-17H2,1-6H3/t18-,19+. The zero-order valence-electron chi connectivity index (χ0n) is 20.1. The maximum Gasteiger partial charge on any atom is 0.159 e. The fourth-order valence-electron chi connectivity index (χ4n) is 4.16. The molecule has 6 heteroatoms. The van der Waals surface area contributed by atoms with E-state index in [1.807, 2.05) is 57.2 Å². The fourth-order valence-corrected chi connectivity index (χ4v) is 5.22. The highest BCUT2D eigenvalue weighted by Gasteiger charge is 2.29. The minimum Gasteiger partial charge on any atom is -0.372 e. The van der Waals surface area contributed by atoms with Gasteiger partial charge in [0.2, 0.25) is 0 Å². The number of sulfone groups is 1. The van der Waals surface area contributed by atoms with Crippen LogP contribution >= 0.6 is 0 Å². The molecule has 2 aromatic carbocycles. The van der Waals surface area contributed by atoms with Crippen molar-refractivity contribution < 1.29 is 17.5 Å². The molecule has 0 aliphatic carbocycles. The van der Waals surface area contributed by atoms with Crippen LogP contribution in [0.25, 0.3) is 0 Å². The summed E-state index contributed by atoms with van der Waals surface area (Å²) < 4.78 is 45.0. The largest absolute Gasteiger partial charge is 0.372 e. The topological polar surface area (TPSA) is 46.6 Å². The predicted molar refractivity (Wildman–Crippen MR) is 130 cm³/mol. The zero-order valence-corrected chi connectivity index (χ0v) is 20.9. The van der Waals surface area contributed by atoms with Gasteiger partial charge in [0.15, 0.2) is 9.84 Å². The molecule has 1 saturated heterocycles. The van der Waals surface area contributed by atoms with Crippen LogP contribution in [0.2, 0.25) is 0 Å². The Morgan fingerprint density at radius 3 is 2.09 bits per heavy atom. The first kappa shape index (κ1) is 24.7. The van der Waals surface area contributed by atoms with E-state index in [4.69, 9.17) is 4.74 Å². The quantitative estimate of drug-likeness (QED) is 0.590. The van der Waals surface area contributed by atoms with Crippen LogP contribution in [-0.4, -0.2) is 38.5 Å². The van der Waals surface area contributed by atoms with Crippen LogP contribution in [0.4, 0.5) is 10.1 Å². The molecule has 3 rings (SSSR count). The number of hydrogen-bond donors (Lipinski definition) is 0. The van der Waals surface area contributed by atoms with Gasteiger partial charge in [0, 0.05) is 24.3 Å². The molecule has 2 atom stereocenters. The second-order valence-electron chi connectivity index (χ2n) is 10.0. The Bertz CT molecular complexity index is 1030. The molecular weight excluding hydrogens is 425 g/mol. The minimum absolute atomic E-state index is 0.0326. The lowest BCUT2D eigenvalue weighted by molar-refractivity contribution is -0.00526. The highest BCUT2D eigenvalue weighted by Crippen LogP contribution is 2.28. The van der Waals surface area contributed by atoms with Gasteiger partial charge >= 0.3 is 0 Å². The summed E-state index contributed by atoms with van der Waals surface area (Å²) in [5, 5.41) is 0. The SMILES string of the molecule is Cc1c(N2C[C@@H](C)O[C@@H](C)C2)ccc(CCc2ccc(CS(=O)(=O)C(C)(C)C)cc2)c1F. The molecule has 4 nitrogen and oxygen atoms in total. The van der Waals surface area contributed by atoms with E-state index in [1.165, 1.54) is 0 Å². The Hall–Kier alpha value is -1.92. The van der Waals surface area contributed by atoms with E-state index in [2.05, 4.69) is 4.90 Å². The molecule has 0 aromatic heterocycles. The molecule has 0 bridgehead atoms. The molecule has 1 fully saturated rings. The van der Waals surface area contributed by atoms with Crippen LogP contribution in [0.15, 0.2) is 36.4 Å². The summed E-state index contributed by atoms with van der Waals surface area (Å²) in [6.45, 7) is 12.6. The fraction of sp³-hybridized carbons (Fsp3) is 0.538. The van der Waals surface area contributed by atoms with Crippen LogP contribution in [0.5, 0.6) is 0 Å². The second kappa shape index (κ2) is 9.52. The molecule has 32 heavy (non-hydrogen) atoms. The summed E-state index contributed by atoms with van der Waals surface area (Å²) in [6, 6.07) is 11.5. The number of benzene rings is 2. The predicted octanol–water partition coefficient (Wildman–Crippen LogP) is 5.25. The van der Waals surface area contributed by atoms with Gasteiger partial charge in [0.25, 0.3) is 0 Å². The van der Waals surface area contributed by atoms with E-state index < -0.39 is 14.6 Å². The zero-order chi connectivity index (χ0) is 23.7. The summed E-state index contributed by atoms with van der Waals surface area (Å²) in [6.07, 6.45) is 1.56. The van der Waals surface area contributed by atoms with Gasteiger partial charge in [0.1, 0.15) is 5.82 Å². The van der Waals surface area contributed by atoms with E-state index in [9.17, 15) is 8.42 Å². The number of rotatable bonds is 6. The maximum atomic E-state index is 15.2. The third-order valence-corrected chi connectivity index (χ3v) is 8.77. The summed E-state index contributed by atoms with van der Waals surface area (Å²) in [4.78, 5) is 2.21. The third kappa shape index (κ3) is 5.70. The van der Waals surface area contributed by atoms with Gasteiger partial charge in [-0.2, -0.15) is 0 Å². The molecule has 0 radical (unpaired) electrons. The van der Waals surface area contributed by atoms with E-state index in [-0.39, 0.29) is 23.8 Å². The number of hydrogen-bond acceptors (Lipinski definition) is 4. The van der Waals surface area contributed by atoms with Crippen molar-refractivity contribution in [2.75, 3.05) is 18.0 Å². The first-order chi connectivity index (χ1) is 14.9. The van der Waals surface area contributed by atoms with Crippen LogP contribution in [0, 0.1) is 12.7 Å².